The lowest BCUT2D eigenvalue weighted by Gasteiger charge is -2.33. The van der Waals surface area contributed by atoms with Crippen LogP contribution >= 0.6 is 0 Å². The van der Waals surface area contributed by atoms with Crippen LogP contribution in [-0.2, 0) is 16.0 Å². The van der Waals surface area contributed by atoms with Gasteiger partial charge < -0.3 is 19.9 Å². The molecule has 0 saturated carbocycles. The van der Waals surface area contributed by atoms with E-state index in [1.807, 2.05) is 31.2 Å². The number of carbonyl (C=O) groups is 1. The molecule has 0 aliphatic carbocycles. The van der Waals surface area contributed by atoms with Crippen molar-refractivity contribution in [1.29, 1.82) is 0 Å². The number of hydrogen-bond acceptors (Lipinski definition) is 4. The molecule has 26 heavy (non-hydrogen) atoms. The molecule has 0 unspecified atom stereocenters. The molecule has 1 aliphatic heterocycles. The van der Waals surface area contributed by atoms with Crippen molar-refractivity contribution in [3.63, 3.8) is 0 Å². The Morgan fingerprint density at radius 3 is 2.85 bits per heavy atom. The Morgan fingerprint density at radius 1 is 1.38 bits per heavy atom. The highest BCUT2D eigenvalue weighted by molar-refractivity contribution is 5.80. The number of nitrogens with zero attached hydrogens (tertiary/aromatic N) is 3. The Labute approximate surface area is 153 Å². The summed E-state index contributed by atoms with van der Waals surface area (Å²) in [5.74, 6) is 1.79. The molecule has 7 nitrogen and oxygen atoms in total. The van der Waals surface area contributed by atoms with Gasteiger partial charge in [-0.15, -0.1) is 0 Å². The molecular weight excluding hydrogens is 330 g/mol. The van der Waals surface area contributed by atoms with Crippen LogP contribution in [0, 0.1) is 5.92 Å². The molecule has 0 amide bonds. The third kappa shape index (κ3) is 4.33. The Hall–Kier alpha value is -2.57. The van der Waals surface area contributed by atoms with E-state index in [1.54, 1.807) is 7.05 Å². The highest BCUT2D eigenvalue weighted by Gasteiger charge is 2.27. The SMILES string of the molecule is CCOC(=O)C1CCN(C(=NC)NCCc2nc3ccccc3[nH]2)CC1. The minimum atomic E-state index is -0.0695. The number of benzene rings is 1. The summed E-state index contributed by atoms with van der Waals surface area (Å²) >= 11 is 0. The van der Waals surface area contributed by atoms with Crippen LogP contribution in [0.15, 0.2) is 29.3 Å². The first-order valence-corrected chi connectivity index (χ1v) is 9.27. The maximum Gasteiger partial charge on any atom is 0.309 e. The standard InChI is InChI=1S/C19H27N5O2/c1-3-26-18(25)14-9-12-24(13-10-14)19(20-2)21-11-8-17-22-15-6-4-5-7-16(15)23-17/h4-7,14H,3,8-13H2,1-2H3,(H,20,21)(H,22,23). The van der Waals surface area contributed by atoms with Gasteiger partial charge in [-0.05, 0) is 31.9 Å². The number of hydrogen-bond donors (Lipinski definition) is 2. The first kappa shape index (κ1) is 18.2. The highest BCUT2D eigenvalue weighted by atomic mass is 16.5. The van der Waals surface area contributed by atoms with E-state index in [1.165, 1.54) is 0 Å². The fraction of sp³-hybridized carbons (Fsp3) is 0.526. The summed E-state index contributed by atoms with van der Waals surface area (Å²) < 4.78 is 5.13. The van der Waals surface area contributed by atoms with Crippen LogP contribution < -0.4 is 5.32 Å². The molecule has 3 rings (SSSR count). The summed E-state index contributed by atoms with van der Waals surface area (Å²) in [7, 11) is 1.79. The van der Waals surface area contributed by atoms with Gasteiger partial charge in [0.05, 0.1) is 23.6 Å². The fourth-order valence-electron chi connectivity index (χ4n) is 3.34. The number of carbonyl (C=O) groups excluding carboxylic acids is 1. The second-order valence-corrected chi connectivity index (χ2v) is 6.44. The van der Waals surface area contributed by atoms with E-state index in [2.05, 4.69) is 25.2 Å². The lowest BCUT2D eigenvalue weighted by atomic mass is 9.97. The van der Waals surface area contributed by atoms with Crippen LogP contribution in [0.5, 0.6) is 0 Å². The first-order valence-electron chi connectivity index (χ1n) is 9.27. The summed E-state index contributed by atoms with van der Waals surface area (Å²) in [6.07, 6.45) is 2.42. The number of esters is 1. The van der Waals surface area contributed by atoms with Gasteiger partial charge in [-0.2, -0.15) is 0 Å². The van der Waals surface area contributed by atoms with Crippen molar-refractivity contribution in [2.45, 2.75) is 26.2 Å². The van der Waals surface area contributed by atoms with Gasteiger partial charge in [0.25, 0.3) is 0 Å². The molecular formula is C19H27N5O2. The normalized spacial score (nSPS) is 16.1. The number of H-pyrrole nitrogens is 1. The van der Waals surface area contributed by atoms with Gasteiger partial charge >= 0.3 is 5.97 Å². The first-order chi connectivity index (χ1) is 12.7. The molecule has 2 aromatic rings. The molecule has 2 heterocycles. The number of likely N-dealkylation sites (tertiary alicyclic amines) is 1. The zero-order valence-electron chi connectivity index (χ0n) is 15.5. The topological polar surface area (TPSA) is 82.6 Å². The molecule has 7 heteroatoms. The van der Waals surface area contributed by atoms with E-state index >= 15 is 0 Å². The van der Waals surface area contributed by atoms with Crippen LogP contribution in [0.3, 0.4) is 0 Å². The maximum atomic E-state index is 11.8. The van der Waals surface area contributed by atoms with E-state index in [-0.39, 0.29) is 11.9 Å². The van der Waals surface area contributed by atoms with Crippen molar-refractivity contribution in [3.05, 3.63) is 30.1 Å². The number of nitrogens with one attached hydrogen (secondary N) is 2. The maximum absolute atomic E-state index is 11.8. The third-order valence-electron chi connectivity index (χ3n) is 4.71. The number of aromatic nitrogens is 2. The third-order valence-corrected chi connectivity index (χ3v) is 4.71. The number of fused-ring (bicyclic) bond motifs is 1. The Kier molecular flexibility index (Phi) is 6.09. The second-order valence-electron chi connectivity index (χ2n) is 6.44. The van der Waals surface area contributed by atoms with Gasteiger partial charge in [0.1, 0.15) is 5.82 Å². The zero-order chi connectivity index (χ0) is 18.4. The number of imidazole rings is 1. The second kappa shape index (κ2) is 8.69. The van der Waals surface area contributed by atoms with Crippen molar-refractivity contribution in [1.82, 2.24) is 20.2 Å². The zero-order valence-corrected chi connectivity index (χ0v) is 15.5. The Balaban J connectivity index is 1.47. The lowest BCUT2D eigenvalue weighted by molar-refractivity contribution is -0.149. The van der Waals surface area contributed by atoms with Gasteiger partial charge in [-0.1, -0.05) is 12.1 Å². The molecule has 1 aromatic heterocycles. The van der Waals surface area contributed by atoms with Gasteiger partial charge in [-0.3, -0.25) is 9.79 Å². The highest BCUT2D eigenvalue weighted by Crippen LogP contribution is 2.18. The number of guanidine groups is 1. The van der Waals surface area contributed by atoms with Gasteiger partial charge in [0.15, 0.2) is 5.96 Å². The average Bonchev–Trinajstić information content (AvgIpc) is 3.08. The summed E-state index contributed by atoms with van der Waals surface area (Å²) in [5, 5.41) is 3.40. The number of rotatable bonds is 5. The van der Waals surface area contributed by atoms with E-state index in [0.29, 0.717) is 6.61 Å². The minimum absolute atomic E-state index is 0.0138. The van der Waals surface area contributed by atoms with E-state index < -0.39 is 0 Å². The van der Waals surface area contributed by atoms with Crippen LogP contribution in [0.4, 0.5) is 0 Å². The predicted octanol–water partition coefficient (Wildman–Crippen LogP) is 1.96. The molecule has 0 atom stereocenters. The van der Waals surface area contributed by atoms with Crippen molar-refractivity contribution in [2.75, 3.05) is 33.3 Å². The number of aromatic amines is 1. The van der Waals surface area contributed by atoms with Gasteiger partial charge in [-0.25, -0.2) is 4.98 Å². The molecule has 1 saturated heterocycles. The lowest BCUT2D eigenvalue weighted by Crippen LogP contribution is -2.47. The summed E-state index contributed by atoms with van der Waals surface area (Å²) in [4.78, 5) is 26.4. The van der Waals surface area contributed by atoms with Crippen LogP contribution in [0.1, 0.15) is 25.6 Å². The van der Waals surface area contributed by atoms with Gasteiger partial charge in [0.2, 0.25) is 0 Å². The molecule has 0 spiro atoms. The van der Waals surface area contributed by atoms with Crippen LogP contribution in [0.25, 0.3) is 11.0 Å². The molecule has 1 aromatic carbocycles. The van der Waals surface area contributed by atoms with E-state index in [4.69, 9.17) is 4.74 Å². The minimum Gasteiger partial charge on any atom is -0.466 e. The Morgan fingerprint density at radius 2 is 2.15 bits per heavy atom. The summed E-state index contributed by atoms with van der Waals surface area (Å²) in [6.45, 7) is 4.68. The van der Waals surface area contributed by atoms with Crippen LogP contribution in [-0.4, -0.2) is 60.1 Å². The summed E-state index contributed by atoms with van der Waals surface area (Å²) in [5.41, 5.74) is 2.06. The smallest absolute Gasteiger partial charge is 0.309 e. The summed E-state index contributed by atoms with van der Waals surface area (Å²) in [6, 6.07) is 8.04. The molecule has 140 valence electrons. The van der Waals surface area contributed by atoms with Crippen molar-refractivity contribution >= 4 is 23.0 Å². The van der Waals surface area contributed by atoms with E-state index in [0.717, 1.165) is 61.7 Å². The van der Waals surface area contributed by atoms with Crippen molar-refractivity contribution in [2.24, 2.45) is 10.9 Å². The van der Waals surface area contributed by atoms with Crippen LogP contribution in [0.2, 0.25) is 0 Å². The average molecular weight is 357 g/mol. The number of aliphatic imine (C=N–C) groups is 1. The van der Waals surface area contributed by atoms with E-state index in [9.17, 15) is 4.79 Å². The Bertz CT molecular complexity index is 729. The monoisotopic (exact) mass is 357 g/mol. The van der Waals surface area contributed by atoms with Crippen molar-refractivity contribution in [3.8, 4) is 0 Å². The molecule has 2 N–H and O–H groups in total. The number of piperidine rings is 1. The largest absolute Gasteiger partial charge is 0.466 e. The quantitative estimate of drug-likeness (QED) is 0.486. The number of para-hydroxylation sites is 2. The number of ether oxygens (including phenoxy) is 1. The predicted molar refractivity (Wildman–Crippen MR) is 102 cm³/mol. The molecule has 1 fully saturated rings. The molecule has 0 radical (unpaired) electrons. The molecule has 1 aliphatic rings. The fourth-order valence-corrected chi connectivity index (χ4v) is 3.34. The van der Waals surface area contributed by atoms with Gasteiger partial charge in [0, 0.05) is 33.1 Å². The molecule has 0 bridgehead atoms. The van der Waals surface area contributed by atoms with Crippen molar-refractivity contribution < 1.29 is 9.53 Å².